The van der Waals surface area contributed by atoms with Crippen molar-refractivity contribution in [2.45, 2.75) is 0 Å². The van der Waals surface area contributed by atoms with Crippen molar-refractivity contribution in [1.29, 1.82) is 0 Å². The Morgan fingerprint density at radius 3 is 2.32 bits per heavy atom. The van der Waals surface area contributed by atoms with E-state index in [1.165, 1.54) is 10.8 Å². The van der Waals surface area contributed by atoms with E-state index in [-0.39, 0.29) is 0 Å². The Morgan fingerprint density at radius 2 is 1.58 bits per heavy atom. The zero-order chi connectivity index (χ0) is 21.5. The molecule has 0 aliphatic carbocycles. The molecular formula is C24H16ClN3O3. The predicted octanol–water partition coefficient (Wildman–Crippen LogP) is 4.35. The molecule has 0 aliphatic heterocycles. The van der Waals surface area contributed by atoms with Crippen LogP contribution in [-0.2, 0) is 0 Å². The zero-order valence-electron chi connectivity index (χ0n) is 16.4. The lowest BCUT2D eigenvalue weighted by molar-refractivity contribution is 0.419. The van der Waals surface area contributed by atoms with Crippen molar-refractivity contribution in [1.82, 2.24) is 14.1 Å². The van der Waals surface area contributed by atoms with E-state index in [1.807, 2.05) is 42.5 Å². The van der Waals surface area contributed by atoms with Gasteiger partial charge in [0.1, 0.15) is 11.3 Å². The van der Waals surface area contributed by atoms with Gasteiger partial charge in [-0.1, -0.05) is 48.0 Å². The highest BCUT2D eigenvalue weighted by atomic mass is 35.5. The van der Waals surface area contributed by atoms with Crippen LogP contribution in [0.2, 0.25) is 5.02 Å². The lowest BCUT2D eigenvalue weighted by Gasteiger charge is -2.16. The maximum atomic E-state index is 13.7. The highest BCUT2D eigenvalue weighted by Gasteiger charge is 2.19. The molecule has 0 amide bonds. The Bertz CT molecular complexity index is 1570. The molecule has 0 atom stereocenters. The van der Waals surface area contributed by atoms with E-state index in [0.717, 1.165) is 4.57 Å². The van der Waals surface area contributed by atoms with Gasteiger partial charge in [0, 0.05) is 16.6 Å². The van der Waals surface area contributed by atoms with E-state index in [4.69, 9.17) is 16.3 Å². The van der Waals surface area contributed by atoms with E-state index in [2.05, 4.69) is 4.98 Å². The van der Waals surface area contributed by atoms with Gasteiger partial charge in [-0.3, -0.25) is 14.3 Å². The molecule has 2 aromatic heterocycles. The number of pyridine rings is 1. The lowest BCUT2D eigenvalue weighted by atomic mass is 10.1. The molecule has 0 saturated carbocycles. The molecule has 0 spiro atoms. The molecule has 7 heteroatoms. The number of hydrogen-bond acceptors (Lipinski definition) is 4. The number of benzene rings is 3. The van der Waals surface area contributed by atoms with Gasteiger partial charge in [-0.25, -0.2) is 9.36 Å². The first-order valence-electron chi connectivity index (χ1n) is 9.55. The van der Waals surface area contributed by atoms with Crippen LogP contribution in [0.25, 0.3) is 33.2 Å². The first-order valence-corrected chi connectivity index (χ1v) is 9.93. The molecule has 31 heavy (non-hydrogen) atoms. The number of fused-ring (bicyclic) bond motifs is 3. The van der Waals surface area contributed by atoms with E-state index >= 15 is 0 Å². The Labute approximate surface area is 181 Å². The number of ether oxygens (including phenoxy) is 1. The zero-order valence-corrected chi connectivity index (χ0v) is 17.2. The van der Waals surface area contributed by atoms with Crippen LogP contribution >= 0.6 is 11.6 Å². The highest BCUT2D eigenvalue weighted by Crippen LogP contribution is 2.29. The highest BCUT2D eigenvalue weighted by molar-refractivity contribution is 6.30. The fourth-order valence-corrected chi connectivity index (χ4v) is 3.99. The summed E-state index contributed by atoms with van der Waals surface area (Å²) in [5, 5.41) is 1.38. The topological polar surface area (TPSA) is 66.1 Å². The van der Waals surface area contributed by atoms with Gasteiger partial charge in [0.25, 0.3) is 5.56 Å². The number of rotatable bonds is 3. The number of para-hydroxylation sites is 2. The average molecular weight is 430 g/mol. The number of nitrogens with zero attached hydrogens (tertiary/aromatic N) is 3. The van der Waals surface area contributed by atoms with Crippen LogP contribution in [0.3, 0.4) is 0 Å². The summed E-state index contributed by atoms with van der Waals surface area (Å²) >= 11 is 6.14. The monoisotopic (exact) mass is 429 g/mol. The molecule has 6 nitrogen and oxygen atoms in total. The van der Waals surface area contributed by atoms with Crippen LogP contribution in [-0.4, -0.2) is 21.2 Å². The second kappa shape index (κ2) is 7.41. The molecule has 0 fully saturated rings. The molecule has 152 valence electrons. The SMILES string of the molecule is COc1cccc2c1ncc1c(=O)n(-c3cccc(Cl)c3)c(=O)n(-c3ccccc3)c12. The van der Waals surface area contributed by atoms with Crippen molar-refractivity contribution in [3.63, 3.8) is 0 Å². The van der Waals surface area contributed by atoms with Crippen LogP contribution in [0.4, 0.5) is 0 Å². The number of halogens is 1. The summed E-state index contributed by atoms with van der Waals surface area (Å²) in [5.41, 5.74) is 1.10. The number of hydrogen-bond donors (Lipinski definition) is 0. The third kappa shape index (κ3) is 3.00. The quantitative estimate of drug-likeness (QED) is 0.400. The van der Waals surface area contributed by atoms with Crippen molar-refractivity contribution in [3.8, 4) is 17.1 Å². The summed E-state index contributed by atoms with van der Waals surface area (Å²) in [4.78, 5) is 31.7. The summed E-state index contributed by atoms with van der Waals surface area (Å²) < 4.78 is 8.09. The first kappa shape index (κ1) is 19.1. The Kier molecular flexibility index (Phi) is 4.56. The Hall–Kier alpha value is -3.90. The molecule has 3 aromatic carbocycles. The Balaban J connectivity index is 2.04. The molecule has 0 N–H and O–H groups in total. The first-order chi connectivity index (χ1) is 15.1. The fraction of sp³-hybridized carbons (Fsp3) is 0.0417. The second-order valence-corrected chi connectivity index (χ2v) is 7.39. The van der Waals surface area contributed by atoms with Crippen LogP contribution in [0.5, 0.6) is 5.75 Å². The summed E-state index contributed by atoms with van der Waals surface area (Å²) in [6.45, 7) is 0. The molecule has 0 bridgehead atoms. The van der Waals surface area contributed by atoms with Crippen molar-refractivity contribution >= 4 is 33.4 Å². The van der Waals surface area contributed by atoms with E-state index in [1.54, 1.807) is 37.4 Å². The molecule has 2 heterocycles. The average Bonchev–Trinajstić information content (AvgIpc) is 2.79. The normalized spacial score (nSPS) is 11.2. The maximum Gasteiger partial charge on any atom is 0.340 e. The number of aromatic nitrogens is 3. The molecular weight excluding hydrogens is 414 g/mol. The minimum Gasteiger partial charge on any atom is -0.494 e. The van der Waals surface area contributed by atoms with Gasteiger partial charge in [0.2, 0.25) is 0 Å². The van der Waals surface area contributed by atoms with Gasteiger partial charge in [-0.2, -0.15) is 0 Å². The van der Waals surface area contributed by atoms with Gasteiger partial charge in [0.05, 0.1) is 29.4 Å². The lowest BCUT2D eigenvalue weighted by Crippen LogP contribution is -2.38. The van der Waals surface area contributed by atoms with Crippen molar-refractivity contribution in [3.05, 3.63) is 105 Å². The van der Waals surface area contributed by atoms with Crippen molar-refractivity contribution in [2.24, 2.45) is 0 Å². The van der Waals surface area contributed by atoms with E-state index in [0.29, 0.717) is 44.0 Å². The smallest absolute Gasteiger partial charge is 0.340 e. The standard InChI is InChI=1S/C24H16ClN3O3/c1-31-20-12-6-11-18-21(20)26-14-19-22(18)27(16-8-3-2-4-9-16)24(30)28(23(19)29)17-10-5-7-15(25)13-17/h2-14H,1H3. The largest absolute Gasteiger partial charge is 0.494 e. The van der Waals surface area contributed by atoms with Gasteiger partial charge in [0.15, 0.2) is 0 Å². The fourth-order valence-electron chi connectivity index (χ4n) is 3.81. The summed E-state index contributed by atoms with van der Waals surface area (Å²) in [5.74, 6) is 0.561. The summed E-state index contributed by atoms with van der Waals surface area (Å²) in [6.07, 6.45) is 1.49. The van der Waals surface area contributed by atoms with Gasteiger partial charge in [-0.15, -0.1) is 0 Å². The van der Waals surface area contributed by atoms with Gasteiger partial charge >= 0.3 is 5.69 Å². The van der Waals surface area contributed by atoms with E-state index in [9.17, 15) is 9.59 Å². The minimum absolute atomic E-state index is 0.309. The maximum absolute atomic E-state index is 13.7. The van der Waals surface area contributed by atoms with E-state index < -0.39 is 11.2 Å². The van der Waals surface area contributed by atoms with Crippen LogP contribution in [0, 0.1) is 0 Å². The third-order valence-corrected chi connectivity index (χ3v) is 5.41. The van der Waals surface area contributed by atoms with Gasteiger partial charge < -0.3 is 4.74 Å². The predicted molar refractivity (Wildman–Crippen MR) is 122 cm³/mol. The summed E-state index contributed by atoms with van der Waals surface area (Å²) in [6, 6.07) is 21.3. The van der Waals surface area contributed by atoms with Crippen LogP contribution < -0.4 is 16.0 Å². The molecule has 0 saturated heterocycles. The van der Waals surface area contributed by atoms with Gasteiger partial charge in [-0.05, 0) is 36.4 Å². The summed E-state index contributed by atoms with van der Waals surface area (Å²) in [7, 11) is 1.56. The molecule has 0 aliphatic rings. The molecule has 5 rings (SSSR count). The van der Waals surface area contributed by atoms with Crippen molar-refractivity contribution < 1.29 is 4.74 Å². The van der Waals surface area contributed by atoms with Crippen molar-refractivity contribution in [2.75, 3.05) is 7.11 Å². The molecule has 5 aromatic rings. The second-order valence-electron chi connectivity index (χ2n) is 6.95. The third-order valence-electron chi connectivity index (χ3n) is 5.17. The number of methoxy groups -OCH3 is 1. The molecule has 0 unspecified atom stereocenters. The van der Waals surface area contributed by atoms with Crippen LogP contribution in [0.15, 0.2) is 88.6 Å². The minimum atomic E-state index is -0.499. The Morgan fingerprint density at radius 1 is 0.839 bits per heavy atom. The van der Waals surface area contributed by atoms with Crippen LogP contribution in [0.1, 0.15) is 0 Å². The molecule has 0 radical (unpaired) electrons.